The van der Waals surface area contributed by atoms with Gasteiger partial charge >= 0.3 is 12.3 Å². The summed E-state index contributed by atoms with van der Waals surface area (Å²) in [7, 11) is -3.86. The van der Waals surface area contributed by atoms with Gasteiger partial charge in [-0.1, -0.05) is 6.07 Å². The van der Waals surface area contributed by atoms with Gasteiger partial charge in [0.15, 0.2) is 9.84 Å². The largest absolute Gasteiger partial charge is 0.573 e. The lowest BCUT2D eigenvalue weighted by atomic mass is 10.2. The van der Waals surface area contributed by atoms with Crippen LogP contribution in [0.4, 0.5) is 13.2 Å². The van der Waals surface area contributed by atoms with E-state index >= 15 is 0 Å². The molecule has 0 atom stereocenters. The summed E-state index contributed by atoms with van der Waals surface area (Å²) in [6.07, 6.45) is -4.03. The molecule has 8 nitrogen and oxygen atoms in total. The fraction of sp³-hybridized carbons (Fsp3) is 0.211. The molecule has 12 heteroatoms. The summed E-state index contributed by atoms with van der Waals surface area (Å²) < 4.78 is 67.6. The van der Waals surface area contributed by atoms with Crippen LogP contribution >= 0.6 is 0 Å². The van der Waals surface area contributed by atoms with Crippen molar-refractivity contribution in [1.29, 1.82) is 0 Å². The van der Waals surface area contributed by atoms with Crippen LogP contribution in [0.3, 0.4) is 0 Å². The molecule has 1 aliphatic carbocycles. The van der Waals surface area contributed by atoms with Crippen LogP contribution in [-0.4, -0.2) is 40.9 Å². The normalized spacial score (nSPS) is 14.5. The molecule has 1 heterocycles. The van der Waals surface area contributed by atoms with E-state index in [0.29, 0.717) is 12.8 Å². The third-order valence-electron chi connectivity index (χ3n) is 4.66. The monoisotopic (exact) mass is 454 g/mol. The van der Waals surface area contributed by atoms with Gasteiger partial charge < -0.3 is 9.84 Å². The number of fused-ring (bicyclic) bond motifs is 1. The van der Waals surface area contributed by atoms with E-state index in [-0.39, 0.29) is 21.5 Å². The third kappa shape index (κ3) is 3.85. The maximum atomic E-state index is 12.8. The SMILES string of the molecule is O=C(O)c1nn(-c2ccc(OC(F)(F)F)cc2)c2cccc(S(=O)(=O)C3CC3)c2c1=O. The molecular weight excluding hydrogens is 441 g/mol. The summed E-state index contributed by atoms with van der Waals surface area (Å²) in [5.74, 6) is -2.19. The molecule has 0 saturated heterocycles. The van der Waals surface area contributed by atoms with Gasteiger partial charge in [0, 0.05) is 0 Å². The summed E-state index contributed by atoms with van der Waals surface area (Å²) in [6.45, 7) is 0. The highest BCUT2D eigenvalue weighted by atomic mass is 32.2. The van der Waals surface area contributed by atoms with Gasteiger partial charge in [-0.3, -0.25) is 4.79 Å². The van der Waals surface area contributed by atoms with Gasteiger partial charge in [-0.2, -0.15) is 5.10 Å². The number of aromatic carboxylic acids is 1. The zero-order valence-corrected chi connectivity index (χ0v) is 16.3. The van der Waals surface area contributed by atoms with Crippen LogP contribution in [0.25, 0.3) is 16.6 Å². The average molecular weight is 454 g/mol. The lowest BCUT2D eigenvalue weighted by molar-refractivity contribution is -0.274. The third-order valence-corrected chi connectivity index (χ3v) is 6.96. The number of halogens is 3. The van der Waals surface area contributed by atoms with Crippen molar-refractivity contribution in [2.75, 3.05) is 0 Å². The van der Waals surface area contributed by atoms with Crippen LogP contribution in [0.2, 0.25) is 0 Å². The lowest BCUT2D eigenvalue weighted by Crippen LogP contribution is -2.24. The smallest absolute Gasteiger partial charge is 0.476 e. The molecule has 1 aromatic heterocycles. The first-order chi connectivity index (χ1) is 14.5. The molecule has 31 heavy (non-hydrogen) atoms. The zero-order valence-electron chi connectivity index (χ0n) is 15.5. The first-order valence-corrected chi connectivity index (χ1v) is 10.4. The molecule has 4 rings (SSSR count). The first kappa shape index (κ1) is 20.8. The second kappa shape index (κ2) is 7.08. The van der Waals surface area contributed by atoms with Crippen LogP contribution in [0.5, 0.6) is 5.75 Å². The van der Waals surface area contributed by atoms with E-state index in [1.807, 2.05) is 0 Å². The standard InChI is InChI=1S/C19H13F3N2O6S/c20-19(21,22)30-11-6-4-10(5-7-11)24-13-2-1-3-14(31(28,29)12-8-9-12)15(13)17(25)16(23-24)18(26)27/h1-7,12H,8-9H2,(H,26,27). The number of nitrogens with zero attached hydrogens (tertiary/aromatic N) is 2. The highest BCUT2D eigenvalue weighted by molar-refractivity contribution is 7.92. The minimum absolute atomic E-state index is 0.00112. The van der Waals surface area contributed by atoms with Gasteiger partial charge in [0.1, 0.15) is 5.75 Å². The molecule has 1 fully saturated rings. The van der Waals surface area contributed by atoms with E-state index in [4.69, 9.17) is 0 Å². The van der Waals surface area contributed by atoms with E-state index in [1.54, 1.807) is 0 Å². The Morgan fingerprint density at radius 3 is 2.32 bits per heavy atom. The lowest BCUT2D eigenvalue weighted by Gasteiger charge is -2.14. The highest BCUT2D eigenvalue weighted by Crippen LogP contribution is 2.36. The molecule has 1 saturated carbocycles. The van der Waals surface area contributed by atoms with Gasteiger partial charge in [0.2, 0.25) is 11.1 Å². The Hall–Kier alpha value is -3.41. The van der Waals surface area contributed by atoms with Crippen LogP contribution in [0.15, 0.2) is 52.2 Å². The fourth-order valence-corrected chi connectivity index (χ4v) is 5.03. The molecule has 3 aromatic rings. The van der Waals surface area contributed by atoms with Crippen LogP contribution in [-0.2, 0) is 9.84 Å². The van der Waals surface area contributed by atoms with Crippen molar-refractivity contribution in [2.45, 2.75) is 29.3 Å². The Morgan fingerprint density at radius 1 is 1.13 bits per heavy atom. The number of carbonyl (C=O) groups is 1. The van der Waals surface area contributed by atoms with Crippen molar-refractivity contribution in [3.8, 4) is 11.4 Å². The van der Waals surface area contributed by atoms with Gasteiger partial charge in [-0.05, 0) is 49.2 Å². The molecule has 162 valence electrons. The number of carboxylic acid groups (broad SMARTS) is 1. The number of carboxylic acids is 1. The maximum Gasteiger partial charge on any atom is 0.573 e. The number of hydrogen-bond acceptors (Lipinski definition) is 6. The second-order valence-electron chi connectivity index (χ2n) is 6.83. The topological polar surface area (TPSA) is 116 Å². The molecule has 0 radical (unpaired) electrons. The summed E-state index contributed by atoms with van der Waals surface area (Å²) in [5.41, 5.74) is -1.87. The van der Waals surface area contributed by atoms with Crippen LogP contribution in [0.1, 0.15) is 23.3 Å². The molecule has 0 spiro atoms. The number of rotatable bonds is 5. The summed E-state index contributed by atoms with van der Waals surface area (Å²) in [5, 5.41) is 12.2. The predicted molar refractivity (Wildman–Crippen MR) is 101 cm³/mol. The van der Waals surface area contributed by atoms with Crippen molar-refractivity contribution in [2.24, 2.45) is 0 Å². The second-order valence-corrected chi connectivity index (χ2v) is 9.03. The summed E-state index contributed by atoms with van der Waals surface area (Å²) in [6, 6.07) is 8.31. The van der Waals surface area contributed by atoms with Gasteiger partial charge in [-0.25, -0.2) is 17.9 Å². The van der Waals surface area contributed by atoms with Gasteiger partial charge in [0.05, 0.1) is 26.7 Å². The van der Waals surface area contributed by atoms with Gasteiger partial charge in [0.25, 0.3) is 0 Å². The number of alkyl halides is 3. The van der Waals surface area contributed by atoms with Crippen molar-refractivity contribution in [1.82, 2.24) is 9.78 Å². The quantitative estimate of drug-likeness (QED) is 0.630. The molecule has 0 aliphatic heterocycles. The molecule has 2 aromatic carbocycles. The predicted octanol–water partition coefficient (Wildman–Crippen LogP) is 2.92. The van der Waals surface area contributed by atoms with E-state index in [1.165, 1.54) is 30.3 Å². The number of benzene rings is 2. The Labute approximate surface area is 172 Å². The molecule has 0 bridgehead atoms. The van der Waals surface area contributed by atoms with E-state index < -0.39 is 44.3 Å². The number of ether oxygens (including phenoxy) is 1. The maximum absolute atomic E-state index is 12.8. The summed E-state index contributed by atoms with van der Waals surface area (Å²) >= 11 is 0. The Bertz CT molecular complexity index is 1360. The first-order valence-electron chi connectivity index (χ1n) is 8.88. The van der Waals surface area contributed by atoms with Gasteiger partial charge in [-0.15, -0.1) is 13.2 Å². The Morgan fingerprint density at radius 2 is 1.77 bits per heavy atom. The minimum atomic E-state index is -4.90. The minimum Gasteiger partial charge on any atom is -0.476 e. The highest BCUT2D eigenvalue weighted by Gasteiger charge is 2.39. The summed E-state index contributed by atoms with van der Waals surface area (Å²) in [4.78, 5) is 24.1. The van der Waals surface area contributed by atoms with Crippen molar-refractivity contribution < 1.29 is 36.2 Å². The fourth-order valence-electron chi connectivity index (χ4n) is 3.16. The molecule has 1 N–H and O–H groups in total. The average Bonchev–Trinajstić information content (AvgIpc) is 3.53. The Kier molecular flexibility index (Phi) is 4.76. The zero-order chi connectivity index (χ0) is 22.6. The van der Waals surface area contributed by atoms with Crippen molar-refractivity contribution in [3.05, 3.63) is 58.4 Å². The van der Waals surface area contributed by atoms with Crippen LogP contribution < -0.4 is 10.2 Å². The van der Waals surface area contributed by atoms with E-state index in [2.05, 4.69) is 9.84 Å². The molecule has 1 aliphatic rings. The van der Waals surface area contributed by atoms with E-state index in [9.17, 15) is 36.3 Å². The molecule has 0 amide bonds. The Balaban J connectivity index is 1.97. The van der Waals surface area contributed by atoms with Crippen LogP contribution in [0, 0.1) is 0 Å². The van der Waals surface area contributed by atoms with E-state index in [0.717, 1.165) is 16.8 Å². The van der Waals surface area contributed by atoms with Crippen molar-refractivity contribution in [3.63, 3.8) is 0 Å². The number of aromatic nitrogens is 2. The number of sulfone groups is 1. The van der Waals surface area contributed by atoms with Crippen molar-refractivity contribution >= 4 is 26.7 Å². The number of hydrogen-bond donors (Lipinski definition) is 1. The molecule has 0 unspecified atom stereocenters. The molecular formula is C19H13F3N2O6S.